The van der Waals surface area contributed by atoms with E-state index < -0.39 is 99.0 Å². The Kier molecular flexibility index (Phi) is 28.4. The van der Waals surface area contributed by atoms with Crippen LogP contribution in [0.2, 0.25) is 0 Å². The van der Waals surface area contributed by atoms with Gasteiger partial charge in [0.05, 0.1) is 49.0 Å². The second-order valence-electron chi connectivity index (χ2n) is 24.7. The highest BCUT2D eigenvalue weighted by Crippen LogP contribution is 2.56. The Morgan fingerprint density at radius 1 is 0.639 bits per heavy atom. The first-order valence-electron chi connectivity index (χ1n) is 31.4. The molecule has 2 aromatic rings. The van der Waals surface area contributed by atoms with Crippen LogP contribution in [0.25, 0.3) is 4.85 Å². The largest absolute Gasteiger partial charge is 0.475 e. The number of cyclic esters (lactones) is 2. The van der Waals surface area contributed by atoms with Gasteiger partial charge in [-0.15, -0.1) is 0 Å². The van der Waals surface area contributed by atoms with Gasteiger partial charge in [0.15, 0.2) is 23.4 Å². The third-order valence-electron chi connectivity index (χ3n) is 15.9. The van der Waals surface area contributed by atoms with E-state index in [-0.39, 0.29) is 80.3 Å². The minimum atomic E-state index is -4.68. The van der Waals surface area contributed by atoms with Crippen LogP contribution >= 0.6 is 15.6 Å². The molecule has 0 fully saturated rings. The summed E-state index contributed by atoms with van der Waals surface area (Å²) in [7, 11) is -9.14. The fraction of sp³-hybridized carbons (Fsp3) is 0.378. The number of phosphoric acid groups is 2. The Morgan fingerprint density at radius 2 is 1.09 bits per heavy atom. The first-order valence-corrected chi connectivity index (χ1v) is 34.3. The number of esters is 4. The van der Waals surface area contributed by atoms with Crippen molar-refractivity contribution in [1.29, 1.82) is 5.26 Å². The molecule has 1 N–H and O–H groups in total. The van der Waals surface area contributed by atoms with Crippen molar-refractivity contribution < 1.29 is 89.1 Å². The number of hydrogen-bond donors (Lipinski definition) is 1. The van der Waals surface area contributed by atoms with Gasteiger partial charge >= 0.3 is 39.5 Å². The molecule has 0 amide bonds. The van der Waals surface area contributed by atoms with Gasteiger partial charge in [-0.1, -0.05) is 171 Å². The van der Waals surface area contributed by atoms with Crippen molar-refractivity contribution in [3.63, 3.8) is 0 Å². The Hall–Kier alpha value is -8.56. The van der Waals surface area contributed by atoms with Crippen LogP contribution in [0.4, 0.5) is 0 Å². The number of ether oxygens (including phenoxy) is 4. The van der Waals surface area contributed by atoms with Crippen LogP contribution in [0.3, 0.4) is 0 Å². The lowest BCUT2D eigenvalue weighted by Crippen LogP contribution is -2.38. The summed E-state index contributed by atoms with van der Waals surface area (Å²) in [4.78, 5) is 81.7. The number of benzene rings is 2. The van der Waals surface area contributed by atoms with Crippen molar-refractivity contribution >= 4 is 51.1 Å². The highest BCUT2D eigenvalue weighted by molar-refractivity contribution is 7.48. The van der Waals surface area contributed by atoms with Gasteiger partial charge in [-0.3, -0.25) is 36.7 Å². The predicted molar refractivity (Wildman–Crippen MR) is 363 cm³/mol. The number of nitrogens with zero attached hydrogens (tertiary/aromatic N) is 2. The fourth-order valence-electron chi connectivity index (χ4n) is 10.6. The third kappa shape index (κ3) is 22.2. The number of rotatable bonds is 32. The van der Waals surface area contributed by atoms with Crippen molar-refractivity contribution in [1.82, 2.24) is 0 Å². The van der Waals surface area contributed by atoms with Gasteiger partial charge in [0.2, 0.25) is 12.3 Å². The van der Waals surface area contributed by atoms with E-state index in [9.17, 15) is 43.0 Å². The van der Waals surface area contributed by atoms with E-state index in [1.165, 1.54) is 19.1 Å². The number of carbonyl (C=O) groups excluding carboxylic acids is 6. The second kappa shape index (κ2) is 35.6. The summed E-state index contributed by atoms with van der Waals surface area (Å²) in [5.74, 6) is -4.58. The zero-order chi connectivity index (χ0) is 71.3. The number of carbonyl (C=O) groups is 6. The Bertz CT molecular complexity index is 3930. The number of Topliss-reactive ketones (excluding diaryl/α,β-unsaturated/α-hetero) is 2. The smallest absolute Gasteiger partial charge is 0.452 e. The molecule has 4 unspecified atom stereocenters. The summed E-state index contributed by atoms with van der Waals surface area (Å²) in [5.41, 5.74) is 5.47. The average molecular weight is 1370 g/mol. The average Bonchev–Trinajstić information content (AvgIpc) is 1.65. The molecule has 4 aliphatic rings. The lowest BCUT2D eigenvalue weighted by Gasteiger charge is -2.37. The van der Waals surface area contributed by atoms with Gasteiger partial charge in [-0.25, -0.2) is 34.9 Å². The summed E-state index contributed by atoms with van der Waals surface area (Å²) >= 11 is 0. The van der Waals surface area contributed by atoms with Crippen LogP contribution in [-0.4, -0.2) is 104 Å². The van der Waals surface area contributed by atoms with Gasteiger partial charge in [-0.2, -0.15) is 5.26 Å². The molecule has 2 aliphatic carbocycles. The van der Waals surface area contributed by atoms with Crippen LogP contribution in [0.1, 0.15) is 129 Å². The van der Waals surface area contributed by atoms with Crippen LogP contribution in [-0.2, 0) is 74.4 Å². The molecule has 21 nitrogen and oxygen atoms in total. The molecule has 0 saturated carbocycles. The normalized spacial score (nSPS) is 22.1. The van der Waals surface area contributed by atoms with Crippen LogP contribution in [0.5, 0.6) is 0 Å². The summed E-state index contributed by atoms with van der Waals surface area (Å²) in [6.45, 7) is 27.0. The van der Waals surface area contributed by atoms with E-state index in [2.05, 4.69) is 4.85 Å². The van der Waals surface area contributed by atoms with Crippen molar-refractivity contribution in [2.24, 2.45) is 10.8 Å². The summed E-state index contributed by atoms with van der Waals surface area (Å²) < 4.78 is 83.7. The van der Waals surface area contributed by atoms with Gasteiger partial charge in [-0.05, 0) is 126 Å². The molecule has 0 radical (unpaired) electrons. The predicted octanol–water partition coefficient (Wildman–Crippen LogP) is 14.9. The molecule has 0 spiro atoms. The maximum Gasteiger partial charge on any atom is 0.475 e. The number of aliphatic hydroxyl groups is 1. The second-order valence-corrected chi connectivity index (χ2v) is 27.9. The van der Waals surface area contributed by atoms with E-state index in [0.29, 0.717) is 16.7 Å². The lowest BCUT2D eigenvalue weighted by molar-refractivity contribution is -0.146. The van der Waals surface area contributed by atoms with Crippen LogP contribution in [0, 0.1) is 28.7 Å². The third-order valence-corrected chi connectivity index (χ3v) is 18.9. The van der Waals surface area contributed by atoms with Crippen molar-refractivity contribution in [2.75, 3.05) is 33.0 Å². The van der Waals surface area contributed by atoms with E-state index >= 15 is 0 Å². The monoisotopic (exact) mass is 1370 g/mol. The molecular weight excluding hydrogens is 1280 g/mol. The maximum atomic E-state index is 14.2. The zero-order valence-corrected chi connectivity index (χ0v) is 58.5. The fourth-order valence-corrected chi connectivity index (χ4v) is 13.2. The van der Waals surface area contributed by atoms with Gasteiger partial charge in [0, 0.05) is 12.0 Å². The number of aliphatic hydroxyl groups excluding tert-OH is 1. The first-order chi connectivity index (χ1) is 45.9. The zero-order valence-electron chi connectivity index (χ0n) is 56.7. The molecule has 2 heterocycles. The number of hydrogen-bond acceptors (Lipinski definition) is 20. The molecule has 0 bridgehead atoms. The molecule has 2 aromatic carbocycles. The lowest BCUT2D eigenvalue weighted by atomic mass is 9.71. The minimum absolute atomic E-state index is 0.00958. The Balaban J connectivity index is 0.994. The van der Waals surface area contributed by atoms with E-state index in [4.69, 9.17) is 57.9 Å². The molecule has 23 heteroatoms. The van der Waals surface area contributed by atoms with Gasteiger partial charge in [0.1, 0.15) is 31.0 Å². The highest BCUT2D eigenvalue weighted by Gasteiger charge is 2.47. The van der Waals surface area contributed by atoms with Gasteiger partial charge in [0.25, 0.3) is 0 Å². The quantitative estimate of drug-likeness (QED) is 0.0178. The molecule has 97 heavy (non-hydrogen) atoms. The molecule has 2 aliphatic heterocycles. The number of ketones is 2. The number of allylic oxidation sites excluding steroid dienone is 20. The Labute approximate surface area is 567 Å². The first kappa shape index (κ1) is 77.4. The van der Waals surface area contributed by atoms with Crippen molar-refractivity contribution in [3.05, 3.63) is 236 Å². The summed E-state index contributed by atoms with van der Waals surface area (Å²) in [6, 6.07) is 18.0. The number of nitriles is 1. The topological polar surface area (TPSA) is 277 Å². The molecule has 6 rings (SSSR count). The highest BCUT2D eigenvalue weighted by atomic mass is 31.2. The molecule has 7 atom stereocenters. The van der Waals surface area contributed by atoms with E-state index in [0.717, 1.165) is 33.4 Å². The van der Waals surface area contributed by atoms with Crippen LogP contribution < -0.4 is 0 Å². The van der Waals surface area contributed by atoms with Gasteiger partial charge < -0.3 is 28.9 Å². The maximum absolute atomic E-state index is 14.2. The molecular formula is C74H84N2O19P2. The standard InChI is InChI=1S/C74H84N2O19P2/c1-48(27-22-29-50(3)35-37-58-52(5)64(78)62(45-73(58,9)10)94-96(84,86-42-24-40-75)87-43-39-61-54(7)67(72(83)90-61)92-71(82)57-33-18-15-19-34-57)25-20-21-26-49(2)28-23-30-51(4)36-38-59-53(6)65(79)63(46-74(59,11)12)95-97(85,88-44-41-76-13)89-47-60(77)68-66(55(8)69(80)93-68)91-70(81)56-31-16-14-17-32-56/h14-23,25-38,60-63,68,77H,24,39,41-47H2,1-12H3/b21-20+,27-22+,28-23+,37-35+,38-36+,48-25+,49-26+,50-29+,51-30+/t60-,61+,62?,63?,68+,96?,97?/m0/s1. The summed E-state index contributed by atoms with van der Waals surface area (Å²) in [5, 5.41) is 20.3. The van der Waals surface area contributed by atoms with E-state index in [1.807, 2.05) is 147 Å². The molecule has 514 valence electrons. The number of phosphoric ester groups is 2. The molecule has 0 saturated heterocycles. The molecule has 0 aromatic heterocycles. The Morgan fingerprint density at radius 3 is 1.59 bits per heavy atom. The minimum Gasteiger partial charge on any atom is -0.452 e. The van der Waals surface area contributed by atoms with Crippen molar-refractivity contribution in [2.45, 2.75) is 139 Å². The SMILES string of the molecule is [C-]#[N+]CCOP(=O)(OC[C@H](O)[C@H]1OC(=O)C(C)=C1OC(=O)c1ccccc1)OC1CC(C)(C)C(/C=C/C(C)=C/C=C/C(C)=C/C=C/C=C(C)/C=C/C=C(C)/C=C/C2=C(C)C(=O)C(OP(=O)(OCCC#N)OCC[C@H]3OC(=O)C(OC(=O)c4ccccc4)=C3C)CC2(C)C)=C(C)C1=O. The summed E-state index contributed by atoms with van der Waals surface area (Å²) in [6.07, 6.45) is 20.5. The van der Waals surface area contributed by atoms with E-state index in [1.54, 1.807) is 69.3 Å². The van der Waals surface area contributed by atoms with Crippen molar-refractivity contribution in [3.8, 4) is 6.07 Å². The van der Waals surface area contributed by atoms with Crippen LogP contribution in [0.15, 0.2) is 213 Å².